The highest BCUT2D eigenvalue weighted by atomic mass is 16.5. The molecule has 6 nitrogen and oxygen atoms in total. The third kappa shape index (κ3) is 5.93. The van der Waals surface area contributed by atoms with Crippen LogP contribution in [0.25, 0.3) is 0 Å². The number of carbonyl (C=O) groups excluding carboxylic acids is 2. The van der Waals surface area contributed by atoms with Crippen LogP contribution in [-0.2, 0) is 20.9 Å². The van der Waals surface area contributed by atoms with Crippen molar-refractivity contribution in [1.29, 1.82) is 0 Å². The molecular formula is C15H23N3O3. The Balaban J connectivity index is 2.57. The number of hydrogen-bond acceptors (Lipinski definition) is 4. The van der Waals surface area contributed by atoms with Crippen molar-refractivity contribution in [1.82, 2.24) is 5.32 Å². The van der Waals surface area contributed by atoms with Crippen molar-refractivity contribution in [3.05, 3.63) is 29.8 Å². The Hall–Kier alpha value is -1.92. The van der Waals surface area contributed by atoms with E-state index in [1.807, 2.05) is 38.1 Å². The van der Waals surface area contributed by atoms with Gasteiger partial charge in [0.05, 0.1) is 6.61 Å². The van der Waals surface area contributed by atoms with Crippen LogP contribution in [0.5, 0.6) is 0 Å². The van der Waals surface area contributed by atoms with E-state index in [1.165, 1.54) is 7.11 Å². The number of amides is 2. The van der Waals surface area contributed by atoms with Gasteiger partial charge < -0.3 is 21.1 Å². The lowest BCUT2D eigenvalue weighted by atomic mass is 10.1. The molecule has 0 heterocycles. The van der Waals surface area contributed by atoms with Crippen LogP contribution in [0.1, 0.15) is 19.4 Å². The first kappa shape index (κ1) is 17.1. The van der Waals surface area contributed by atoms with Crippen LogP contribution >= 0.6 is 0 Å². The first-order chi connectivity index (χ1) is 9.93. The van der Waals surface area contributed by atoms with Crippen LogP contribution < -0.4 is 16.4 Å². The summed E-state index contributed by atoms with van der Waals surface area (Å²) < 4.78 is 4.83. The number of carbonyl (C=O) groups is 2. The maximum atomic E-state index is 11.7. The fourth-order valence-electron chi connectivity index (χ4n) is 1.62. The molecule has 1 aromatic rings. The van der Waals surface area contributed by atoms with Crippen molar-refractivity contribution in [2.24, 2.45) is 11.7 Å². The van der Waals surface area contributed by atoms with Crippen molar-refractivity contribution < 1.29 is 14.3 Å². The zero-order valence-electron chi connectivity index (χ0n) is 12.7. The quantitative estimate of drug-likeness (QED) is 0.695. The van der Waals surface area contributed by atoms with Crippen LogP contribution in [0, 0.1) is 5.92 Å². The summed E-state index contributed by atoms with van der Waals surface area (Å²) in [6.45, 7) is 4.19. The van der Waals surface area contributed by atoms with Gasteiger partial charge >= 0.3 is 0 Å². The van der Waals surface area contributed by atoms with Crippen LogP contribution in [0.3, 0.4) is 0 Å². The summed E-state index contributed by atoms with van der Waals surface area (Å²) in [6, 6.07) is 6.64. The minimum atomic E-state index is -0.682. The minimum absolute atomic E-state index is 0.0432. The number of nitrogens with one attached hydrogen (secondary N) is 2. The van der Waals surface area contributed by atoms with E-state index in [9.17, 15) is 9.59 Å². The molecule has 0 aliphatic carbocycles. The molecule has 0 radical (unpaired) electrons. The summed E-state index contributed by atoms with van der Waals surface area (Å²) in [4.78, 5) is 23.3. The van der Waals surface area contributed by atoms with Gasteiger partial charge in [0, 0.05) is 25.3 Å². The normalized spacial score (nSPS) is 12.0. The predicted molar refractivity (Wildman–Crippen MR) is 81.6 cm³/mol. The van der Waals surface area contributed by atoms with Crippen LogP contribution in [0.4, 0.5) is 5.69 Å². The molecular weight excluding hydrogens is 270 g/mol. The largest absolute Gasteiger partial charge is 0.383 e. The number of hydrogen-bond donors (Lipinski definition) is 3. The Morgan fingerprint density at radius 1 is 1.29 bits per heavy atom. The molecule has 0 bridgehead atoms. The van der Waals surface area contributed by atoms with Crippen LogP contribution in [0.15, 0.2) is 24.3 Å². The van der Waals surface area contributed by atoms with Gasteiger partial charge in [0.15, 0.2) is 0 Å². The predicted octanol–water partition coefficient (Wildman–Crippen LogP) is 0.871. The zero-order valence-corrected chi connectivity index (χ0v) is 12.7. The Kier molecular flexibility index (Phi) is 6.84. The lowest BCUT2D eigenvalue weighted by molar-refractivity contribution is -0.123. The molecule has 1 atom stereocenters. The van der Waals surface area contributed by atoms with Gasteiger partial charge in [-0.3, -0.25) is 9.59 Å². The van der Waals surface area contributed by atoms with Crippen molar-refractivity contribution in [2.45, 2.75) is 26.4 Å². The number of methoxy groups -OCH3 is 1. The topological polar surface area (TPSA) is 93.4 Å². The van der Waals surface area contributed by atoms with Crippen molar-refractivity contribution >= 4 is 17.5 Å². The van der Waals surface area contributed by atoms with Gasteiger partial charge in [0.25, 0.3) is 0 Å². The molecule has 4 N–H and O–H groups in total. The number of rotatable bonds is 7. The number of ether oxygens (including phenoxy) is 1. The highest BCUT2D eigenvalue weighted by molar-refractivity contribution is 5.92. The molecule has 6 heteroatoms. The SMILES string of the molecule is COCC(N)C(=O)NCc1cccc(NC(=O)C(C)C)c1. The second-order valence-electron chi connectivity index (χ2n) is 5.12. The van der Waals surface area contributed by atoms with E-state index < -0.39 is 6.04 Å². The second-order valence-corrected chi connectivity index (χ2v) is 5.12. The Bertz CT molecular complexity index is 489. The van der Waals surface area contributed by atoms with Crippen LogP contribution in [-0.4, -0.2) is 31.6 Å². The molecule has 0 aliphatic rings. The fraction of sp³-hybridized carbons (Fsp3) is 0.467. The van der Waals surface area contributed by atoms with Gasteiger partial charge in [-0.25, -0.2) is 0 Å². The Morgan fingerprint density at radius 2 is 2.00 bits per heavy atom. The molecule has 0 aliphatic heterocycles. The first-order valence-electron chi connectivity index (χ1n) is 6.86. The molecule has 0 saturated carbocycles. The highest BCUT2D eigenvalue weighted by Crippen LogP contribution is 2.11. The monoisotopic (exact) mass is 293 g/mol. The van der Waals surface area contributed by atoms with Crippen LogP contribution in [0.2, 0.25) is 0 Å². The van der Waals surface area contributed by atoms with E-state index in [-0.39, 0.29) is 24.3 Å². The van der Waals surface area contributed by atoms with Gasteiger partial charge in [-0.05, 0) is 17.7 Å². The summed E-state index contributed by atoms with van der Waals surface area (Å²) in [6.07, 6.45) is 0. The number of benzene rings is 1. The maximum absolute atomic E-state index is 11.7. The molecule has 1 unspecified atom stereocenters. The van der Waals surface area contributed by atoms with E-state index in [1.54, 1.807) is 0 Å². The standard InChI is InChI=1S/C15H23N3O3/c1-10(2)14(19)18-12-6-4-5-11(7-12)8-17-15(20)13(16)9-21-3/h4-7,10,13H,8-9,16H2,1-3H3,(H,17,20)(H,18,19). The summed E-state index contributed by atoms with van der Waals surface area (Å²) >= 11 is 0. The summed E-state index contributed by atoms with van der Waals surface area (Å²) in [7, 11) is 1.49. The lowest BCUT2D eigenvalue weighted by Gasteiger charge is -2.12. The average Bonchev–Trinajstić information content (AvgIpc) is 2.45. The van der Waals surface area contributed by atoms with E-state index in [4.69, 9.17) is 10.5 Å². The third-order valence-corrected chi connectivity index (χ3v) is 2.87. The van der Waals surface area contributed by atoms with E-state index in [0.29, 0.717) is 12.2 Å². The molecule has 116 valence electrons. The molecule has 0 saturated heterocycles. The van der Waals surface area contributed by atoms with Crippen molar-refractivity contribution in [2.75, 3.05) is 19.0 Å². The van der Waals surface area contributed by atoms with E-state index in [0.717, 1.165) is 5.56 Å². The molecule has 2 amide bonds. The smallest absolute Gasteiger partial charge is 0.239 e. The summed E-state index contributed by atoms with van der Waals surface area (Å²) in [5.41, 5.74) is 7.22. The molecule has 1 aromatic carbocycles. The fourth-order valence-corrected chi connectivity index (χ4v) is 1.62. The molecule has 0 fully saturated rings. The van der Waals surface area contributed by atoms with Crippen molar-refractivity contribution in [3.8, 4) is 0 Å². The second kappa shape index (κ2) is 8.39. The molecule has 21 heavy (non-hydrogen) atoms. The van der Waals surface area contributed by atoms with Gasteiger partial charge in [0.2, 0.25) is 11.8 Å². The third-order valence-electron chi connectivity index (χ3n) is 2.87. The van der Waals surface area contributed by atoms with E-state index >= 15 is 0 Å². The molecule has 1 rings (SSSR count). The average molecular weight is 293 g/mol. The number of nitrogens with two attached hydrogens (primary N) is 1. The summed E-state index contributed by atoms with van der Waals surface area (Å²) in [5, 5.41) is 5.55. The Labute approximate surface area is 125 Å². The maximum Gasteiger partial charge on any atom is 0.239 e. The molecule has 0 aromatic heterocycles. The number of anilines is 1. The van der Waals surface area contributed by atoms with Gasteiger partial charge in [-0.1, -0.05) is 26.0 Å². The minimum Gasteiger partial charge on any atom is -0.383 e. The first-order valence-corrected chi connectivity index (χ1v) is 6.86. The van der Waals surface area contributed by atoms with E-state index in [2.05, 4.69) is 10.6 Å². The summed E-state index contributed by atoms with van der Waals surface area (Å²) in [5.74, 6) is -0.396. The van der Waals surface area contributed by atoms with Gasteiger partial charge in [0.1, 0.15) is 6.04 Å². The lowest BCUT2D eigenvalue weighted by Crippen LogP contribution is -2.43. The Morgan fingerprint density at radius 3 is 2.62 bits per heavy atom. The van der Waals surface area contributed by atoms with Gasteiger partial charge in [-0.2, -0.15) is 0 Å². The van der Waals surface area contributed by atoms with Crippen molar-refractivity contribution in [3.63, 3.8) is 0 Å². The highest BCUT2D eigenvalue weighted by Gasteiger charge is 2.12. The zero-order chi connectivity index (χ0) is 15.8. The van der Waals surface area contributed by atoms with Gasteiger partial charge in [-0.15, -0.1) is 0 Å². The molecule has 0 spiro atoms.